The standard InChI is InChI=1S/C11H15F3N2O/c12-11(13,14)8-17-6-2-1-3-9-4-5-16-10(15)7-9/h4-5,7H,1-3,6,8H2,(H2,15,16). The van der Waals surface area contributed by atoms with E-state index in [4.69, 9.17) is 5.73 Å². The molecule has 0 saturated carbocycles. The largest absolute Gasteiger partial charge is 0.411 e. The summed E-state index contributed by atoms with van der Waals surface area (Å²) >= 11 is 0. The van der Waals surface area contributed by atoms with E-state index in [9.17, 15) is 13.2 Å². The lowest BCUT2D eigenvalue weighted by Crippen LogP contribution is -2.17. The summed E-state index contributed by atoms with van der Waals surface area (Å²) in [6.07, 6.45) is -0.494. The number of rotatable bonds is 6. The summed E-state index contributed by atoms with van der Waals surface area (Å²) in [4.78, 5) is 3.85. The smallest absolute Gasteiger partial charge is 0.384 e. The summed E-state index contributed by atoms with van der Waals surface area (Å²) in [6, 6.07) is 3.60. The minimum Gasteiger partial charge on any atom is -0.384 e. The van der Waals surface area contributed by atoms with E-state index >= 15 is 0 Å². The Balaban J connectivity index is 2.09. The minimum atomic E-state index is -4.24. The predicted molar refractivity (Wildman–Crippen MR) is 58.5 cm³/mol. The van der Waals surface area contributed by atoms with Crippen molar-refractivity contribution in [1.82, 2.24) is 4.98 Å². The Morgan fingerprint density at radius 3 is 2.71 bits per heavy atom. The van der Waals surface area contributed by atoms with Crippen LogP contribution in [0.3, 0.4) is 0 Å². The van der Waals surface area contributed by atoms with E-state index in [2.05, 4.69) is 9.72 Å². The number of ether oxygens (including phenoxy) is 1. The number of aromatic nitrogens is 1. The summed E-state index contributed by atoms with van der Waals surface area (Å²) in [7, 11) is 0. The monoisotopic (exact) mass is 248 g/mol. The Labute approximate surface area is 97.8 Å². The maximum Gasteiger partial charge on any atom is 0.411 e. The van der Waals surface area contributed by atoms with Gasteiger partial charge in [0.2, 0.25) is 0 Å². The molecule has 0 aliphatic carbocycles. The fraction of sp³-hybridized carbons (Fsp3) is 0.545. The average Bonchev–Trinajstić information content (AvgIpc) is 2.22. The Hall–Kier alpha value is -1.30. The van der Waals surface area contributed by atoms with Gasteiger partial charge in [-0.2, -0.15) is 13.2 Å². The van der Waals surface area contributed by atoms with Crippen molar-refractivity contribution < 1.29 is 17.9 Å². The molecule has 6 heteroatoms. The molecule has 0 fully saturated rings. The molecule has 0 unspecified atom stereocenters. The molecule has 1 aromatic rings. The molecule has 0 radical (unpaired) electrons. The van der Waals surface area contributed by atoms with Crippen LogP contribution in [0.25, 0.3) is 0 Å². The molecule has 0 aromatic carbocycles. The first-order valence-electron chi connectivity index (χ1n) is 5.32. The van der Waals surface area contributed by atoms with Crippen LogP contribution in [-0.4, -0.2) is 24.4 Å². The van der Waals surface area contributed by atoms with Crippen molar-refractivity contribution in [2.24, 2.45) is 0 Å². The number of nitrogens with two attached hydrogens (primary N) is 1. The lowest BCUT2D eigenvalue weighted by molar-refractivity contribution is -0.174. The van der Waals surface area contributed by atoms with Crippen molar-refractivity contribution in [2.75, 3.05) is 18.9 Å². The van der Waals surface area contributed by atoms with Gasteiger partial charge in [0.15, 0.2) is 0 Å². The van der Waals surface area contributed by atoms with Crippen molar-refractivity contribution in [1.29, 1.82) is 0 Å². The Morgan fingerprint density at radius 2 is 2.06 bits per heavy atom. The second kappa shape index (κ2) is 6.44. The van der Waals surface area contributed by atoms with E-state index < -0.39 is 12.8 Å². The molecule has 17 heavy (non-hydrogen) atoms. The molecule has 1 heterocycles. The predicted octanol–water partition coefficient (Wildman–Crippen LogP) is 2.57. The quantitative estimate of drug-likeness (QED) is 0.787. The lowest BCUT2D eigenvalue weighted by atomic mass is 10.1. The van der Waals surface area contributed by atoms with E-state index in [1.165, 1.54) is 0 Å². The zero-order chi connectivity index (χ0) is 12.7. The maximum absolute atomic E-state index is 11.7. The number of nitrogens with zero attached hydrogens (tertiary/aromatic N) is 1. The van der Waals surface area contributed by atoms with E-state index in [0.717, 1.165) is 18.4 Å². The van der Waals surface area contributed by atoms with Gasteiger partial charge in [0, 0.05) is 12.8 Å². The highest BCUT2D eigenvalue weighted by molar-refractivity contribution is 5.31. The van der Waals surface area contributed by atoms with Crippen LogP contribution in [0.4, 0.5) is 19.0 Å². The molecule has 0 atom stereocenters. The molecular formula is C11H15F3N2O. The van der Waals surface area contributed by atoms with Gasteiger partial charge in [-0.15, -0.1) is 0 Å². The van der Waals surface area contributed by atoms with Gasteiger partial charge in [0.25, 0.3) is 0 Å². The van der Waals surface area contributed by atoms with Gasteiger partial charge in [-0.3, -0.25) is 0 Å². The number of hydrogen-bond donors (Lipinski definition) is 1. The van der Waals surface area contributed by atoms with Crippen LogP contribution in [-0.2, 0) is 11.2 Å². The number of unbranched alkanes of at least 4 members (excludes halogenated alkanes) is 1. The van der Waals surface area contributed by atoms with Crippen LogP contribution in [0.15, 0.2) is 18.3 Å². The van der Waals surface area contributed by atoms with Crippen molar-refractivity contribution in [3.05, 3.63) is 23.9 Å². The average molecular weight is 248 g/mol. The molecule has 0 spiro atoms. The summed E-state index contributed by atoms with van der Waals surface area (Å²) in [5, 5.41) is 0. The Morgan fingerprint density at radius 1 is 1.29 bits per heavy atom. The topological polar surface area (TPSA) is 48.1 Å². The fourth-order valence-electron chi connectivity index (χ4n) is 1.37. The molecule has 0 saturated heterocycles. The number of hydrogen-bond acceptors (Lipinski definition) is 3. The van der Waals surface area contributed by atoms with Crippen LogP contribution < -0.4 is 5.73 Å². The van der Waals surface area contributed by atoms with Crippen LogP contribution in [0, 0.1) is 0 Å². The maximum atomic E-state index is 11.7. The third kappa shape index (κ3) is 6.78. The lowest BCUT2D eigenvalue weighted by Gasteiger charge is -2.07. The first-order chi connectivity index (χ1) is 7.97. The molecule has 0 amide bonds. The number of alkyl halides is 3. The molecule has 0 aliphatic rings. The van der Waals surface area contributed by atoms with E-state index in [1.54, 1.807) is 12.3 Å². The highest BCUT2D eigenvalue weighted by Crippen LogP contribution is 2.14. The molecule has 1 rings (SSSR count). The molecule has 0 bridgehead atoms. The van der Waals surface area contributed by atoms with Crippen LogP contribution in [0.5, 0.6) is 0 Å². The Bertz CT molecular complexity index is 342. The molecule has 2 N–H and O–H groups in total. The third-order valence-corrected chi connectivity index (χ3v) is 2.12. The summed E-state index contributed by atoms with van der Waals surface area (Å²) < 4.78 is 39.7. The molecule has 3 nitrogen and oxygen atoms in total. The van der Waals surface area contributed by atoms with E-state index in [-0.39, 0.29) is 6.61 Å². The highest BCUT2D eigenvalue weighted by atomic mass is 19.4. The molecule has 0 aliphatic heterocycles. The Kier molecular flexibility index (Phi) is 5.21. The number of aryl methyl sites for hydroxylation is 1. The van der Waals surface area contributed by atoms with Crippen molar-refractivity contribution >= 4 is 5.82 Å². The number of anilines is 1. The summed E-state index contributed by atoms with van der Waals surface area (Å²) in [5.41, 5.74) is 6.53. The van der Waals surface area contributed by atoms with Crippen LogP contribution in [0.1, 0.15) is 18.4 Å². The molecular weight excluding hydrogens is 233 g/mol. The summed E-state index contributed by atoms with van der Waals surface area (Å²) in [5.74, 6) is 0.454. The second-order valence-corrected chi connectivity index (χ2v) is 3.71. The first kappa shape index (κ1) is 13.8. The fourth-order valence-corrected chi connectivity index (χ4v) is 1.37. The zero-order valence-corrected chi connectivity index (χ0v) is 9.33. The van der Waals surface area contributed by atoms with E-state index in [0.29, 0.717) is 12.2 Å². The van der Waals surface area contributed by atoms with Crippen molar-refractivity contribution in [2.45, 2.75) is 25.4 Å². The minimum absolute atomic E-state index is 0.125. The third-order valence-electron chi connectivity index (χ3n) is 2.12. The first-order valence-corrected chi connectivity index (χ1v) is 5.32. The second-order valence-electron chi connectivity index (χ2n) is 3.71. The van der Waals surface area contributed by atoms with E-state index in [1.807, 2.05) is 6.07 Å². The van der Waals surface area contributed by atoms with Crippen molar-refractivity contribution in [3.63, 3.8) is 0 Å². The number of nitrogen functional groups attached to an aromatic ring is 1. The van der Waals surface area contributed by atoms with Gasteiger partial charge in [0.05, 0.1) is 0 Å². The van der Waals surface area contributed by atoms with Gasteiger partial charge in [-0.05, 0) is 37.0 Å². The van der Waals surface area contributed by atoms with Gasteiger partial charge in [-0.1, -0.05) is 0 Å². The van der Waals surface area contributed by atoms with Gasteiger partial charge in [-0.25, -0.2) is 4.98 Å². The van der Waals surface area contributed by atoms with Gasteiger partial charge >= 0.3 is 6.18 Å². The SMILES string of the molecule is Nc1cc(CCCCOCC(F)(F)F)ccn1. The van der Waals surface area contributed by atoms with Crippen LogP contribution >= 0.6 is 0 Å². The van der Waals surface area contributed by atoms with Crippen LogP contribution in [0.2, 0.25) is 0 Å². The highest BCUT2D eigenvalue weighted by Gasteiger charge is 2.27. The zero-order valence-electron chi connectivity index (χ0n) is 9.33. The number of halogens is 3. The summed E-state index contributed by atoms with van der Waals surface area (Å²) in [6.45, 7) is -1.05. The van der Waals surface area contributed by atoms with Gasteiger partial charge in [0.1, 0.15) is 12.4 Å². The molecule has 1 aromatic heterocycles. The molecule has 96 valence electrons. The normalized spacial score (nSPS) is 11.7. The van der Waals surface area contributed by atoms with Gasteiger partial charge < -0.3 is 10.5 Å². The number of pyridine rings is 1. The van der Waals surface area contributed by atoms with Crippen molar-refractivity contribution in [3.8, 4) is 0 Å².